The summed E-state index contributed by atoms with van der Waals surface area (Å²) in [5.41, 5.74) is 0.973. The van der Waals surface area contributed by atoms with E-state index in [1.807, 2.05) is 29.7 Å². The molecule has 96 valence electrons. The lowest BCUT2D eigenvalue weighted by molar-refractivity contribution is 0.101. The maximum atomic E-state index is 11.3. The van der Waals surface area contributed by atoms with Crippen molar-refractivity contribution >= 4 is 28.7 Å². The van der Waals surface area contributed by atoms with E-state index in [9.17, 15) is 4.79 Å². The molecule has 0 N–H and O–H groups in total. The molecule has 1 aromatic carbocycles. The van der Waals surface area contributed by atoms with Crippen molar-refractivity contribution in [2.75, 3.05) is 6.61 Å². The zero-order valence-electron chi connectivity index (χ0n) is 10.3. The van der Waals surface area contributed by atoms with E-state index in [1.165, 1.54) is 0 Å². The lowest BCUT2D eigenvalue weighted by Gasteiger charge is -2.07. The number of carbonyl (C=O) groups excluding carboxylic acids is 1. The second-order valence-electron chi connectivity index (χ2n) is 3.72. The molecule has 0 aliphatic carbocycles. The average molecular weight is 268 g/mol. The summed E-state index contributed by atoms with van der Waals surface area (Å²) in [5.74, 6) is 0.466. The highest BCUT2D eigenvalue weighted by Crippen LogP contribution is 2.28. The fourth-order valence-corrected chi connectivity index (χ4v) is 2.04. The number of hydrogen-bond acceptors (Lipinski definition) is 3. The van der Waals surface area contributed by atoms with Crippen LogP contribution in [0.2, 0.25) is 5.02 Å². The first-order chi connectivity index (χ1) is 8.65. The lowest BCUT2D eigenvalue weighted by atomic mass is 10.2. The van der Waals surface area contributed by atoms with E-state index in [0.29, 0.717) is 17.4 Å². The van der Waals surface area contributed by atoms with Gasteiger partial charge in [0.05, 0.1) is 12.1 Å². The summed E-state index contributed by atoms with van der Waals surface area (Å²) in [6, 6.07) is 7.33. The van der Waals surface area contributed by atoms with Crippen LogP contribution >= 0.6 is 11.6 Å². The van der Waals surface area contributed by atoms with Crippen LogP contribution in [0.1, 0.15) is 13.8 Å². The highest BCUT2D eigenvalue weighted by molar-refractivity contribution is 6.31. The first-order valence-corrected chi connectivity index (χ1v) is 6.17. The first kappa shape index (κ1) is 12.8. The Kier molecular flexibility index (Phi) is 3.77. The molecule has 1 aromatic heterocycles. The van der Waals surface area contributed by atoms with Crippen LogP contribution in [0.4, 0.5) is 4.79 Å². The number of nitrogens with zero attached hydrogens (tertiary/aromatic N) is 1. The van der Waals surface area contributed by atoms with Crippen molar-refractivity contribution in [1.82, 2.24) is 4.57 Å². The number of halogens is 1. The molecule has 0 fully saturated rings. The van der Waals surface area contributed by atoms with Crippen molar-refractivity contribution in [3.05, 3.63) is 29.3 Å². The van der Waals surface area contributed by atoms with Gasteiger partial charge in [-0.3, -0.25) is 0 Å². The van der Waals surface area contributed by atoms with Gasteiger partial charge in [-0.15, -0.1) is 0 Å². The number of aromatic nitrogens is 1. The van der Waals surface area contributed by atoms with Gasteiger partial charge in [-0.1, -0.05) is 11.6 Å². The van der Waals surface area contributed by atoms with E-state index >= 15 is 0 Å². The second-order valence-corrected chi connectivity index (χ2v) is 4.15. The van der Waals surface area contributed by atoms with Crippen molar-refractivity contribution in [2.24, 2.45) is 0 Å². The number of fused-ring (bicyclic) bond motifs is 1. The second kappa shape index (κ2) is 5.31. The van der Waals surface area contributed by atoms with E-state index in [-0.39, 0.29) is 6.61 Å². The number of aryl methyl sites for hydroxylation is 1. The van der Waals surface area contributed by atoms with Crippen LogP contribution in [-0.2, 0) is 11.3 Å². The Labute approximate surface area is 110 Å². The molecule has 0 atom stereocenters. The fourth-order valence-electron chi connectivity index (χ4n) is 1.86. The summed E-state index contributed by atoms with van der Waals surface area (Å²) in [6.45, 7) is 4.69. The minimum Gasteiger partial charge on any atom is -0.434 e. The Bertz CT molecular complexity index is 577. The van der Waals surface area contributed by atoms with E-state index in [4.69, 9.17) is 21.1 Å². The zero-order valence-corrected chi connectivity index (χ0v) is 11.0. The smallest absolute Gasteiger partial charge is 0.434 e. The van der Waals surface area contributed by atoms with E-state index in [1.54, 1.807) is 13.0 Å². The van der Waals surface area contributed by atoms with Gasteiger partial charge in [-0.25, -0.2) is 4.79 Å². The van der Waals surface area contributed by atoms with E-state index in [2.05, 4.69) is 0 Å². The molecule has 0 radical (unpaired) electrons. The SMILES string of the molecule is CCOC(=O)Oc1cc2cc(Cl)ccc2n1CC. The first-order valence-electron chi connectivity index (χ1n) is 5.79. The predicted molar refractivity (Wildman–Crippen MR) is 70.3 cm³/mol. The number of benzene rings is 1. The molecule has 0 bridgehead atoms. The minimum absolute atomic E-state index is 0.289. The van der Waals surface area contributed by atoms with Crippen LogP contribution < -0.4 is 4.74 Å². The summed E-state index contributed by atoms with van der Waals surface area (Å²) >= 11 is 5.94. The van der Waals surface area contributed by atoms with Crippen LogP contribution in [0.3, 0.4) is 0 Å². The quantitative estimate of drug-likeness (QED) is 0.793. The maximum Gasteiger partial charge on any atom is 0.515 e. The Balaban J connectivity index is 2.40. The van der Waals surface area contributed by atoms with Gasteiger partial charge in [0.15, 0.2) is 0 Å². The van der Waals surface area contributed by atoms with Gasteiger partial charge in [0, 0.05) is 23.0 Å². The summed E-state index contributed by atoms with van der Waals surface area (Å²) < 4.78 is 11.8. The summed E-state index contributed by atoms with van der Waals surface area (Å²) in [5, 5.41) is 1.59. The predicted octanol–water partition coefficient (Wildman–Crippen LogP) is 3.85. The minimum atomic E-state index is -0.693. The number of carbonyl (C=O) groups is 1. The van der Waals surface area contributed by atoms with Crippen molar-refractivity contribution in [3.8, 4) is 5.88 Å². The van der Waals surface area contributed by atoms with Crippen LogP contribution in [-0.4, -0.2) is 17.3 Å². The average Bonchev–Trinajstić information content (AvgIpc) is 2.65. The molecule has 0 spiro atoms. The van der Waals surface area contributed by atoms with Crippen molar-refractivity contribution in [1.29, 1.82) is 0 Å². The Morgan fingerprint density at radius 1 is 1.33 bits per heavy atom. The van der Waals surface area contributed by atoms with Gasteiger partial charge >= 0.3 is 6.16 Å². The largest absolute Gasteiger partial charge is 0.515 e. The molecule has 0 aliphatic heterocycles. The molecule has 18 heavy (non-hydrogen) atoms. The third kappa shape index (κ3) is 2.43. The van der Waals surface area contributed by atoms with Gasteiger partial charge in [-0.2, -0.15) is 0 Å². The van der Waals surface area contributed by atoms with Gasteiger partial charge in [0.2, 0.25) is 5.88 Å². The molecule has 0 amide bonds. The lowest BCUT2D eigenvalue weighted by Crippen LogP contribution is -2.12. The van der Waals surface area contributed by atoms with Crippen molar-refractivity contribution in [3.63, 3.8) is 0 Å². The molecule has 4 nitrogen and oxygen atoms in total. The maximum absolute atomic E-state index is 11.3. The highest BCUT2D eigenvalue weighted by atomic mass is 35.5. The molecular weight excluding hydrogens is 254 g/mol. The molecule has 1 heterocycles. The zero-order chi connectivity index (χ0) is 13.1. The third-order valence-corrected chi connectivity index (χ3v) is 2.83. The van der Waals surface area contributed by atoms with Gasteiger partial charge in [0.25, 0.3) is 0 Å². The van der Waals surface area contributed by atoms with E-state index < -0.39 is 6.16 Å². The van der Waals surface area contributed by atoms with E-state index in [0.717, 1.165) is 10.9 Å². The van der Waals surface area contributed by atoms with Gasteiger partial charge in [-0.05, 0) is 32.0 Å². The van der Waals surface area contributed by atoms with Crippen LogP contribution in [0.5, 0.6) is 5.88 Å². The monoisotopic (exact) mass is 267 g/mol. The molecule has 0 saturated carbocycles. The van der Waals surface area contributed by atoms with Crippen molar-refractivity contribution < 1.29 is 14.3 Å². The van der Waals surface area contributed by atoms with Gasteiger partial charge < -0.3 is 14.0 Å². The summed E-state index contributed by atoms with van der Waals surface area (Å²) in [6.07, 6.45) is -0.693. The Morgan fingerprint density at radius 3 is 2.78 bits per heavy atom. The Morgan fingerprint density at radius 2 is 2.11 bits per heavy atom. The van der Waals surface area contributed by atoms with Crippen LogP contribution in [0.25, 0.3) is 10.9 Å². The molecule has 2 rings (SSSR count). The summed E-state index contributed by atoms with van der Waals surface area (Å²) in [7, 11) is 0. The highest BCUT2D eigenvalue weighted by Gasteiger charge is 2.13. The standard InChI is InChI=1S/C13H14ClNO3/c1-3-15-11-6-5-10(14)7-9(11)8-12(15)18-13(16)17-4-2/h5-8H,3-4H2,1-2H3. The molecule has 5 heteroatoms. The molecule has 0 unspecified atom stereocenters. The number of rotatable bonds is 3. The van der Waals surface area contributed by atoms with Crippen LogP contribution in [0, 0.1) is 0 Å². The molecule has 2 aromatic rings. The number of hydrogen-bond donors (Lipinski definition) is 0. The topological polar surface area (TPSA) is 40.5 Å². The third-order valence-electron chi connectivity index (χ3n) is 2.59. The van der Waals surface area contributed by atoms with Crippen LogP contribution in [0.15, 0.2) is 24.3 Å². The summed E-state index contributed by atoms with van der Waals surface area (Å²) in [4.78, 5) is 11.3. The fraction of sp³-hybridized carbons (Fsp3) is 0.308. The Hall–Kier alpha value is -1.68. The molecule has 0 aliphatic rings. The van der Waals surface area contributed by atoms with Gasteiger partial charge in [0.1, 0.15) is 0 Å². The normalized spacial score (nSPS) is 10.6. The molecular formula is C13H14ClNO3. The number of ether oxygens (including phenoxy) is 2. The molecule has 0 saturated heterocycles. The van der Waals surface area contributed by atoms with Crippen molar-refractivity contribution in [2.45, 2.75) is 20.4 Å².